The summed E-state index contributed by atoms with van der Waals surface area (Å²) in [5.41, 5.74) is 6.80. The maximum Gasteiger partial charge on any atom is 0.270 e. The Kier molecular flexibility index (Phi) is 6.25. The van der Waals surface area contributed by atoms with Crippen LogP contribution in [0.4, 0.5) is 0 Å². The average Bonchev–Trinajstić information content (AvgIpc) is 2.61. The molecule has 2 N–H and O–H groups in total. The van der Waals surface area contributed by atoms with Crippen molar-refractivity contribution in [1.82, 2.24) is 4.90 Å². The van der Waals surface area contributed by atoms with Crippen LogP contribution in [0, 0.1) is 0 Å². The highest BCUT2D eigenvalue weighted by Gasteiger charge is 2.23. The summed E-state index contributed by atoms with van der Waals surface area (Å²) in [4.78, 5) is 14.2. The fraction of sp³-hybridized carbons (Fsp3) is 0.643. The van der Waals surface area contributed by atoms with Crippen molar-refractivity contribution in [3.8, 4) is 0 Å². The van der Waals surface area contributed by atoms with Gasteiger partial charge in [-0.3, -0.25) is 4.79 Å². The van der Waals surface area contributed by atoms with E-state index in [1.165, 1.54) is 12.8 Å². The Morgan fingerprint density at radius 2 is 2.21 bits per heavy atom. The van der Waals surface area contributed by atoms with Crippen molar-refractivity contribution in [3.05, 3.63) is 11.8 Å². The van der Waals surface area contributed by atoms with Gasteiger partial charge < -0.3 is 10.6 Å². The molecule has 5 nitrogen and oxygen atoms in total. The third-order valence-corrected chi connectivity index (χ3v) is 3.44. The highest BCUT2D eigenvalue weighted by Crippen LogP contribution is 2.17. The van der Waals surface area contributed by atoms with Crippen molar-refractivity contribution in [1.29, 1.82) is 0 Å². The van der Waals surface area contributed by atoms with Crippen molar-refractivity contribution in [2.24, 2.45) is 15.9 Å². The van der Waals surface area contributed by atoms with Crippen molar-refractivity contribution in [2.75, 3.05) is 6.54 Å². The molecule has 19 heavy (non-hydrogen) atoms. The number of carbonyl (C=O) groups is 1. The van der Waals surface area contributed by atoms with Gasteiger partial charge in [-0.25, -0.2) is 0 Å². The first-order valence-electron chi connectivity index (χ1n) is 6.90. The van der Waals surface area contributed by atoms with E-state index in [-0.39, 0.29) is 17.6 Å². The smallest absolute Gasteiger partial charge is 0.270 e. The summed E-state index contributed by atoms with van der Waals surface area (Å²) in [7, 11) is 0. The molecule has 1 rings (SSSR count). The minimum absolute atomic E-state index is 0.0976. The second kappa shape index (κ2) is 7.71. The van der Waals surface area contributed by atoms with E-state index in [9.17, 15) is 4.79 Å². The minimum Gasteiger partial charge on any atom is -0.394 e. The van der Waals surface area contributed by atoms with Gasteiger partial charge in [0, 0.05) is 19.3 Å². The Morgan fingerprint density at radius 1 is 1.47 bits per heavy atom. The fourth-order valence-electron chi connectivity index (χ4n) is 2.28. The van der Waals surface area contributed by atoms with E-state index in [0.717, 1.165) is 19.4 Å². The summed E-state index contributed by atoms with van der Waals surface area (Å²) in [5, 5.41) is 7.33. The van der Waals surface area contributed by atoms with Crippen LogP contribution < -0.4 is 5.73 Å². The molecular weight excluding hydrogens is 240 g/mol. The maximum absolute atomic E-state index is 12.3. The van der Waals surface area contributed by atoms with Crippen LogP contribution in [0.2, 0.25) is 0 Å². The van der Waals surface area contributed by atoms with E-state index in [4.69, 9.17) is 5.73 Å². The van der Waals surface area contributed by atoms with Gasteiger partial charge in [-0.1, -0.05) is 19.8 Å². The highest BCUT2D eigenvalue weighted by molar-refractivity contribution is 6.03. The van der Waals surface area contributed by atoms with Gasteiger partial charge in [-0.2, -0.15) is 10.2 Å². The monoisotopic (exact) mass is 264 g/mol. The molecule has 0 aromatic carbocycles. The lowest BCUT2D eigenvalue weighted by Crippen LogP contribution is -2.40. The molecule has 1 saturated heterocycles. The van der Waals surface area contributed by atoms with E-state index in [2.05, 4.69) is 23.8 Å². The molecule has 1 fully saturated rings. The molecule has 0 bridgehead atoms. The normalized spacial score (nSPS) is 22.0. The zero-order valence-corrected chi connectivity index (χ0v) is 11.9. The largest absolute Gasteiger partial charge is 0.394 e. The highest BCUT2D eigenvalue weighted by atomic mass is 16.2. The van der Waals surface area contributed by atoms with Gasteiger partial charge in [0.25, 0.3) is 5.91 Å². The molecule has 0 spiro atoms. The summed E-state index contributed by atoms with van der Waals surface area (Å²) >= 11 is 0. The molecule has 1 heterocycles. The molecule has 1 amide bonds. The van der Waals surface area contributed by atoms with Gasteiger partial charge in [0.15, 0.2) is 0 Å². The van der Waals surface area contributed by atoms with Crippen LogP contribution in [0.1, 0.15) is 46.0 Å². The number of nitrogens with zero attached hydrogens (tertiary/aromatic N) is 3. The minimum atomic E-state index is -0.0976. The van der Waals surface area contributed by atoms with E-state index >= 15 is 0 Å². The first-order valence-corrected chi connectivity index (χ1v) is 6.90. The Balaban J connectivity index is 2.82. The zero-order chi connectivity index (χ0) is 14.3. The van der Waals surface area contributed by atoms with E-state index < -0.39 is 0 Å². The summed E-state index contributed by atoms with van der Waals surface area (Å²) in [6.07, 6.45) is 6.72. The number of rotatable bonds is 4. The van der Waals surface area contributed by atoms with Crippen molar-refractivity contribution in [3.63, 3.8) is 0 Å². The SMILES string of the molecule is C=NN=C(C=C(N)C(=O)N1CCCCC[C@H]1C)CC. The standard InChI is InChI=1S/C14H24N4O/c1-4-12(17-16-3)10-13(15)14(19)18-9-7-5-6-8-11(18)2/h10-11H,3-9,15H2,1-2H3/t11-/m1/s1. The molecule has 0 unspecified atom stereocenters. The third kappa shape index (κ3) is 4.50. The Morgan fingerprint density at radius 3 is 2.84 bits per heavy atom. The van der Waals surface area contributed by atoms with E-state index in [1.54, 1.807) is 6.08 Å². The fourth-order valence-corrected chi connectivity index (χ4v) is 2.28. The van der Waals surface area contributed by atoms with Crippen LogP contribution in [0.25, 0.3) is 0 Å². The topological polar surface area (TPSA) is 71.0 Å². The molecule has 1 aliphatic heterocycles. The Bertz CT molecular complexity index is 387. The summed E-state index contributed by atoms with van der Waals surface area (Å²) in [6, 6.07) is 0.251. The van der Waals surface area contributed by atoms with Crippen molar-refractivity contribution >= 4 is 18.3 Å². The predicted molar refractivity (Wildman–Crippen MR) is 79.2 cm³/mol. The molecule has 0 aromatic heterocycles. The lowest BCUT2D eigenvalue weighted by Gasteiger charge is -2.27. The van der Waals surface area contributed by atoms with Crippen LogP contribution in [0.5, 0.6) is 0 Å². The number of likely N-dealkylation sites (tertiary alicyclic amines) is 1. The van der Waals surface area contributed by atoms with Crippen LogP contribution in [0.3, 0.4) is 0 Å². The predicted octanol–water partition coefficient (Wildman–Crippen LogP) is 2.09. The molecule has 0 aliphatic carbocycles. The summed E-state index contributed by atoms with van der Waals surface area (Å²) in [5.74, 6) is -0.0976. The molecule has 5 heteroatoms. The molecule has 0 radical (unpaired) electrons. The third-order valence-electron chi connectivity index (χ3n) is 3.44. The molecule has 106 valence electrons. The number of allylic oxidation sites excluding steroid dienone is 1. The van der Waals surface area contributed by atoms with Crippen LogP contribution in [0.15, 0.2) is 22.0 Å². The van der Waals surface area contributed by atoms with Gasteiger partial charge >= 0.3 is 0 Å². The maximum atomic E-state index is 12.3. The quantitative estimate of drug-likeness (QED) is 0.480. The molecular formula is C14H24N4O. The average molecular weight is 264 g/mol. The van der Waals surface area contributed by atoms with E-state index in [0.29, 0.717) is 12.1 Å². The second-order valence-corrected chi connectivity index (χ2v) is 4.88. The molecule has 0 aromatic rings. The number of amides is 1. The van der Waals surface area contributed by atoms with Crippen molar-refractivity contribution in [2.45, 2.75) is 52.0 Å². The van der Waals surface area contributed by atoms with Crippen LogP contribution in [-0.2, 0) is 4.79 Å². The van der Waals surface area contributed by atoms with Gasteiger partial charge in [0.05, 0.1) is 11.4 Å². The van der Waals surface area contributed by atoms with Crippen LogP contribution >= 0.6 is 0 Å². The second-order valence-electron chi connectivity index (χ2n) is 4.88. The number of hydrogen-bond acceptors (Lipinski definition) is 4. The lowest BCUT2D eigenvalue weighted by atomic mass is 10.1. The van der Waals surface area contributed by atoms with Gasteiger partial charge in [-0.05, 0) is 32.3 Å². The number of carbonyl (C=O) groups excluding carboxylic acids is 1. The van der Waals surface area contributed by atoms with Crippen molar-refractivity contribution < 1.29 is 4.79 Å². The summed E-state index contributed by atoms with van der Waals surface area (Å²) < 4.78 is 0. The first kappa shape index (κ1) is 15.4. The first-order chi connectivity index (χ1) is 9.10. The Labute approximate surface area is 115 Å². The molecule has 0 saturated carbocycles. The lowest BCUT2D eigenvalue weighted by molar-refractivity contribution is -0.129. The van der Waals surface area contributed by atoms with Gasteiger partial charge in [0.2, 0.25) is 0 Å². The van der Waals surface area contributed by atoms with Gasteiger partial charge in [-0.15, -0.1) is 0 Å². The molecule has 1 aliphatic rings. The van der Waals surface area contributed by atoms with E-state index in [1.807, 2.05) is 11.8 Å². The number of hydrogen-bond donors (Lipinski definition) is 1. The van der Waals surface area contributed by atoms with Gasteiger partial charge in [0.1, 0.15) is 0 Å². The Hall–Kier alpha value is -1.65. The zero-order valence-electron chi connectivity index (χ0n) is 11.9. The summed E-state index contributed by atoms with van der Waals surface area (Å²) in [6.45, 7) is 8.11. The molecule has 1 atom stereocenters. The number of nitrogens with two attached hydrogens (primary N) is 1. The van der Waals surface area contributed by atoms with Crippen LogP contribution in [-0.4, -0.2) is 35.8 Å².